The Balaban J connectivity index is 1.99. The van der Waals surface area contributed by atoms with Crippen molar-refractivity contribution in [2.75, 3.05) is 5.32 Å². The predicted molar refractivity (Wildman–Crippen MR) is 97.7 cm³/mol. The van der Waals surface area contributed by atoms with E-state index in [4.69, 9.17) is 11.6 Å². The van der Waals surface area contributed by atoms with Gasteiger partial charge in [-0.25, -0.2) is 9.55 Å². The first-order valence-electron chi connectivity index (χ1n) is 7.54. The minimum absolute atomic E-state index is 0.205. The smallest absolute Gasteiger partial charge is 0.267 e. The highest BCUT2D eigenvalue weighted by atomic mass is 35.5. The Labute approximate surface area is 147 Å². The van der Waals surface area contributed by atoms with Gasteiger partial charge in [0.1, 0.15) is 0 Å². The standard InChI is InChI=1S/C18H12ClN5O/c19-12-6-7-16-15(10-12)17(25)24(14-4-2-1-3-5-14)18(23-16)22-13-8-9-20-21-11-13/h1-11H,(H,20,22,23). The Morgan fingerprint density at radius 2 is 1.84 bits per heavy atom. The lowest BCUT2D eigenvalue weighted by Gasteiger charge is -2.14. The van der Waals surface area contributed by atoms with E-state index in [1.165, 1.54) is 4.57 Å². The lowest BCUT2D eigenvalue weighted by molar-refractivity contribution is 0.969. The highest BCUT2D eigenvalue weighted by Gasteiger charge is 2.13. The maximum Gasteiger partial charge on any atom is 0.267 e. The van der Waals surface area contributed by atoms with Gasteiger partial charge in [0.25, 0.3) is 5.56 Å². The molecule has 6 nitrogen and oxygen atoms in total. The molecule has 0 atom stereocenters. The van der Waals surface area contributed by atoms with E-state index in [0.717, 1.165) is 0 Å². The van der Waals surface area contributed by atoms with Crippen LogP contribution in [0.25, 0.3) is 16.6 Å². The molecule has 0 radical (unpaired) electrons. The maximum atomic E-state index is 13.1. The number of fused-ring (bicyclic) bond motifs is 1. The van der Waals surface area contributed by atoms with Crippen LogP contribution in [0.5, 0.6) is 0 Å². The number of anilines is 2. The average Bonchev–Trinajstić information content (AvgIpc) is 2.64. The number of hydrogen-bond acceptors (Lipinski definition) is 5. The van der Waals surface area contributed by atoms with Crippen molar-refractivity contribution in [2.24, 2.45) is 0 Å². The van der Waals surface area contributed by atoms with Gasteiger partial charge < -0.3 is 5.32 Å². The van der Waals surface area contributed by atoms with Gasteiger partial charge in [0.05, 0.1) is 34.7 Å². The summed E-state index contributed by atoms with van der Waals surface area (Å²) in [6, 6.07) is 16.1. The lowest BCUT2D eigenvalue weighted by Crippen LogP contribution is -2.22. The van der Waals surface area contributed by atoms with Crippen LogP contribution in [-0.4, -0.2) is 19.7 Å². The zero-order valence-electron chi connectivity index (χ0n) is 12.9. The number of nitrogens with zero attached hydrogens (tertiary/aromatic N) is 4. The largest absolute Gasteiger partial charge is 0.324 e. The number of benzene rings is 2. The van der Waals surface area contributed by atoms with E-state index in [2.05, 4.69) is 20.5 Å². The number of hydrogen-bond donors (Lipinski definition) is 1. The van der Waals surface area contributed by atoms with Gasteiger partial charge in [0, 0.05) is 5.02 Å². The van der Waals surface area contributed by atoms with Gasteiger partial charge in [-0.1, -0.05) is 29.8 Å². The molecule has 0 aliphatic rings. The van der Waals surface area contributed by atoms with E-state index in [1.54, 1.807) is 36.7 Å². The fraction of sp³-hybridized carbons (Fsp3) is 0. The number of halogens is 1. The second-order valence-electron chi connectivity index (χ2n) is 5.33. The number of aromatic nitrogens is 4. The molecule has 0 bridgehead atoms. The monoisotopic (exact) mass is 349 g/mol. The molecule has 2 heterocycles. The molecule has 0 aliphatic heterocycles. The highest BCUT2D eigenvalue weighted by molar-refractivity contribution is 6.31. The van der Waals surface area contributed by atoms with Gasteiger partial charge >= 0.3 is 0 Å². The molecule has 0 unspecified atom stereocenters. The van der Waals surface area contributed by atoms with Crippen molar-refractivity contribution in [3.05, 3.63) is 82.4 Å². The maximum absolute atomic E-state index is 13.1. The Hall–Kier alpha value is -3.25. The van der Waals surface area contributed by atoms with Gasteiger partial charge in [-0.3, -0.25) is 4.79 Å². The minimum Gasteiger partial charge on any atom is -0.324 e. The SMILES string of the molecule is O=c1c2cc(Cl)ccc2nc(Nc2ccnnc2)n1-c1ccccc1. The van der Waals surface area contributed by atoms with Crippen molar-refractivity contribution in [2.45, 2.75) is 0 Å². The minimum atomic E-state index is -0.205. The Morgan fingerprint density at radius 1 is 1.00 bits per heavy atom. The summed E-state index contributed by atoms with van der Waals surface area (Å²) in [6.45, 7) is 0. The van der Waals surface area contributed by atoms with E-state index in [9.17, 15) is 4.79 Å². The molecule has 0 fully saturated rings. The summed E-state index contributed by atoms with van der Waals surface area (Å²) in [5, 5.41) is 11.7. The van der Waals surface area contributed by atoms with Gasteiger partial charge in [0.15, 0.2) is 0 Å². The summed E-state index contributed by atoms with van der Waals surface area (Å²) in [5.41, 5.74) is 1.74. The molecule has 4 rings (SSSR count). The summed E-state index contributed by atoms with van der Waals surface area (Å²) < 4.78 is 1.51. The fourth-order valence-electron chi connectivity index (χ4n) is 2.55. The zero-order valence-corrected chi connectivity index (χ0v) is 13.7. The summed E-state index contributed by atoms with van der Waals surface area (Å²) in [5.74, 6) is 0.388. The molecule has 2 aromatic heterocycles. The van der Waals surface area contributed by atoms with Gasteiger partial charge in [-0.15, -0.1) is 0 Å². The van der Waals surface area contributed by atoms with Crippen molar-refractivity contribution in [3.63, 3.8) is 0 Å². The van der Waals surface area contributed by atoms with Gasteiger partial charge in [0.2, 0.25) is 5.95 Å². The first-order chi connectivity index (χ1) is 12.2. The second kappa shape index (κ2) is 6.33. The molecular formula is C18H12ClN5O. The Kier molecular flexibility index (Phi) is 3.87. The van der Waals surface area contributed by atoms with Crippen molar-refractivity contribution >= 4 is 34.1 Å². The first-order valence-corrected chi connectivity index (χ1v) is 7.91. The zero-order chi connectivity index (χ0) is 17.2. The predicted octanol–water partition coefficient (Wildman–Crippen LogP) is 3.57. The summed E-state index contributed by atoms with van der Waals surface area (Å²) >= 11 is 6.05. The van der Waals surface area contributed by atoms with Crippen molar-refractivity contribution in [1.29, 1.82) is 0 Å². The number of rotatable bonds is 3. The summed E-state index contributed by atoms with van der Waals surface area (Å²) in [6.07, 6.45) is 3.13. The summed E-state index contributed by atoms with van der Waals surface area (Å²) in [7, 11) is 0. The molecular weight excluding hydrogens is 338 g/mol. The van der Waals surface area contributed by atoms with E-state index in [0.29, 0.717) is 33.2 Å². The molecule has 0 saturated carbocycles. The molecule has 0 spiro atoms. The van der Waals surface area contributed by atoms with Crippen LogP contribution in [-0.2, 0) is 0 Å². The van der Waals surface area contributed by atoms with Crippen LogP contribution >= 0.6 is 11.6 Å². The van der Waals surface area contributed by atoms with Crippen molar-refractivity contribution in [3.8, 4) is 5.69 Å². The van der Waals surface area contributed by atoms with Crippen LogP contribution in [0, 0.1) is 0 Å². The van der Waals surface area contributed by atoms with Gasteiger partial charge in [-0.05, 0) is 36.4 Å². The van der Waals surface area contributed by atoms with Crippen LogP contribution in [0.4, 0.5) is 11.6 Å². The molecule has 1 N–H and O–H groups in total. The average molecular weight is 350 g/mol. The quantitative estimate of drug-likeness (QED) is 0.612. The Bertz CT molecular complexity index is 1100. The third-order valence-corrected chi connectivity index (χ3v) is 3.92. The molecule has 122 valence electrons. The third-order valence-electron chi connectivity index (χ3n) is 3.69. The molecule has 2 aromatic carbocycles. The lowest BCUT2D eigenvalue weighted by atomic mass is 10.2. The molecule has 0 aliphatic carbocycles. The second-order valence-corrected chi connectivity index (χ2v) is 5.77. The highest BCUT2D eigenvalue weighted by Crippen LogP contribution is 2.21. The van der Waals surface area contributed by atoms with E-state index in [1.807, 2.05) is 30.3 Å². The number of nitrogens with one attached hydrogen (secondary N) is 1. The van der Waals surface area contributed by atoms with E-state index in [-0.39, 0.29) is 5.56 Å². The normalized spacial score (nSPS) is 10.8. The van der Waals surface area contributed by atoms with Crippen LogP contribution in [0.1, 0.15) is 0 Å². The Morgan fingerprint density at radius 3 is 2.60 bits per heavy atom. The topological polar surface area (TPSA) is 72.7 Å². The molecule has 7 heteroatoms. The fourth-order valence-corrected chi connectivity index (χ4v) is 2.72. The first kappa shape index (κ1) is 15.3. The van der Waals surface area contributed by atoms with Gasteiger partial charge in [-0.2, -0.15) is 10.2 Å². The van der Waals surface area contributed by atoms with Crippen LogP contribution in [0.15, 0.2) is 71.8 Å². The van der Waals surface area contributed by atoms with E-state index < -0.39 is 0 Å². The van der Waals surface area contributed by atoms with Crippen LogP contribution < -0.4 is 10.9 Å². The van der Waals surface area contributed by atoms with Crippen molar-refractivity contribution < 1.29 is 0 Å². The van der Waals surface area contributed by atoms with E-state index >= 15 is 0 Å². The molecule has 25 heavy (non-hydrogen) atoms. The molecule has 0 amide bonds. The van der Waals surface area contributed by atoms with Crippen LogP contribution in [0.2, 0.25) is 5.02 Å². The van der Waals surface area contributed by atoms with Crippen LogP contribution in [0.3, 0.4) is 0 Å². The number of para-hydroxylation sites is 1. The van der Waals surface area contributed by atoms with Crippen molar-refractivity contribution in [1.82, 2.24) is 19.7 Å². The summed E-state index contributed by atoms with van der Waals surface area (Å²) in [4.78, 5) is 17.7. The molecule has 0 saturated heterocycles. The molecule has 4 aromatic rings. The third kappa shape index (κ3) is 2.95.